The molecule has 0 aromatic heterocycles. The first-order valence-electron chi connectivity index (χ1n) is 7.32. The molecule has 0 spiro atoms. The number of aliphatic hydroxyl groups is 1. The van der Waals surface area contributed by atoms with Crippen LogP contribution < -0.4 is 10.6 Å². The summed E-state index contributed by atoms with van der Waals surface area (Å²) in [5.74, 6) is 0.595. The molecule has 2 amide bonds. The van der Waals surface area contributed by atoms with E-state index in [1.165, 1.54) is 0 Å². The van der Waals surface area contributed by atoms with Crippen LogP contribution in [0.4, 0.5) is 23.7 Å². The number of aliphatic hydroxyl groups excluding tert-OH is 1. The maximum atomic E-state index is 12.4. The fourth-order valence-electron chi connectivity index (χ4n) is 1.84. The van der Waals surface area contributed by atoms with Crippen molar-refractivity contribution < 1.29 is 27.8 Å². The predicted molar refractivity (Wildman–Crippen MR) is 78.0 cm³/mol. The smallest absolute Gasteiger partial charge is 0.389 e. The standard InChI is InChI=1S/C15H19F3N2O3/c16-15(17,18)11-3-5-12(6-4-11)20-14(22)19-7-13(21)9-23-8-10-1-2-10/h3-6,10,13,21H,1-2,7-9H2,(H2,19,20,22)/t13-/m0/s1. The minimum Gasteiger partial charge on any atom is -0.389 e. The van der Waals surface area contributed by atoms with Gasteiger partial charge in [-0.05, 0) is 43.0 Å². The van der Waals surface area contributed by atoms with Crippen molar-refractivity contribution in [3.63, 3.8) is 0 Å². The van der Waals surface area contributed by atoms with Gasteiger partial charge in [0.2, 0.25) is 0 Å². The van der Waals surface area contributed by atoms with E-state index in [-0.39, 0.29) is 18.8 Å². The van der Waals surface area contributed by atoms with Crippen LogP contribution in [0.2, 0.25) is 0 Å². The lowest BCUT2D eigenvalue weighted by molar-refractivity contribution is -0.137. The van der Waals surface area contributed by atoms with Crippen molar-refractivity contribution in [2.45, 2.75) is 25.1 Å². The Hall–Kier alpha value is -1.80. The number of carbonyl (C=O) groups is 1. The number of rotatable bonds is 7. The summed E-state index contributed by atoms with van der Waals surface area (Å²) >= 11 is 0. The topological polar surface area (TPSA) is 70.6 Å². The summed E-state index contributed by atoms with van der Waals surface area (Å²) in [7, 11) is 0. The highest BCUT2D eigenvalue weighted by Gasteiger charge is 2.30. The third-order valence-corrected chi connectivity index (χ3v) is 3.33. The van der Waals surface area contributed by atoms with E-state index >= 15 is 0 Å². The molecule has 0 bridgehead atoms. The van der Waals surface area contributed by atoms with Crippen LogP contribution in [0.3, 0.4) is 0 Å². The first-order valence-corrected chi connectivity index (χ1v) is 7.32. The zero-order valence-electron chi connectivity index (χ0n) is 12.4. The number of urea groups is 1. The van der Waals surface area contributed by atoms with Crippen molar-refractivity contribution in [1.82, 2.24) is 5.32 Å². The molecule has 2 rings (SSSR count). The molecule has 1 fully saturated rings. The summed E-state index contributed by atoms with van der Waals surface area (Å²) in [6.45, 7) is 0.753. The van der Waals surface area contributed by atoms with Gasteiger partial charge in [0.15, 0.2) is 0 Å². The Bertz CT molecular complexity index is 516. The zero-order chi connectivity index (χ0) is 16.9. The van der Waals surface area contributed by atoms with Gasteiger partial charge in [0.25, 0.3) is 0 Å². The first-order chi connectivity index (χ1) is 10.8. The Balaban J connectivity index is 1.67. The molecule has 1 aromatic rings. The quantitative estimate of drug-likeness (QED) is 0.719. The maximum Gasteiger partial charge on any atom is 0.416 e. The van der Waals surface area contributed by atoms with Gasteiger partial charge in [-0.1, -0.05) is 0 Å². The van der Waals surface area contributed by atoms with E-state index in [0.717, 1.165) is 37.1 Å². The van der Waals surface area contributed by atoms with Crippen LogP contribution in [0.15, 0.2) is 24.3 Å². The van der Waals surface area contributed by atoms with Crippen molar-refractivity contribution in [2.24, 2.45) is 5.92 Å². The third-order valence-electron chi connectivity index (χ3n) is 3.33. The average molecular weight is 332 g/mol. The van der Waals surface area contributed by atoms with E-state index in [0.29, 0.717) is 12.5 Å². The molecular weight excluding hydrogens is 313 g/mol. The van der Waals surface area contributed by atoms with Gasteiger partial charge in [-0.2, -0.15) is 13.2 Å². The number of nitrogens with one attached hydrogen (secondary N) is 2. The molecule has 23 heavy (non-hydrogen) atoms. The third kappa shape index (κ3) is 6.45. The van der Waals surface area contributed by atoms with Gasteiger partial charge in [0.05, 0.1) is 18.3 Å². The number of hydrogen-bond acceptors (Lipinski definition) is 3. The first kappa shape index (κ1) is 17.6. The van der Waals surface area contributed by atoms with Crippen molar-refractivity contribution >= 4 is 11.7 Å². The summed E-state index contributed by atoms with van der Waals surface area (Å²) in [6, 6.07) is 3.49. The van der Waals surface area contributed by atoms with Crippen molar-refractivity contribution in [2.75, 3.05) is 25.1 Å². The van der Waals surface area contributed by atoms with Crippen LogP contribution in [-0.4, -0.2) is 37.0 Å². The molecule has 1 aromatic carbocycles. The fraction of sp³-hybridized carbons (Fsp3) is 0.533. The number of benzene rings is 1. The monoisotopic (exact) mass is 332 g/mol. The molecule has 1 aliphatic rings. The second kappa shape index (κ2) is 7.65. The fourth-order valence-corrected chi connectivity index (χ4v) is 1.84. The van der Waals surface area contributed by atoms with Crippen molar-refractivity contribution in [3.8, 4) is 0 Å². The average Bonchev–Trinajstić information content (AvgIpc) is 3.29. The lowest BCUT2D eigenvalue weighted by Crippen LogP contribution is -2.37. The molecule has 3 N–H and O–H groups in total. The highest BCUT2D eigenvalue weighted by Crippen LogP contribution is 2.30. The van der Waals surface area contributed by atoms with E-state index < -0.39 is 23.9 Å². The summed E-state index contributed by atoms with van der Waals surface area (Å²) in [5.41, 5.74) is -0.554. The van der Waals surface area contributed by atoms with Crippen LogP contribution in [0.25, 0.3) is 0 Å². The van der Waals surface area contributed by atoms with Gasteiger partial charge in [0, 0.05) is 18.8 Å². The van der Waals surface area contributed by atoms with E-state index in [2.05, 4.69) is 10.6 Å². The zero-order valence-corrected chi connectivity index (χ0v) is 12.4. The summed E-state index contributed by atoms with van der Waals surface area (Å²) in [6.07, 6.45) is -2.92. The molecule has 0 unspecified atom stereocenters. The Morgan fingerprint density at radius 3 is 2.52 bits per heavy atom. The van der Waals surface area contributed by atoms with Gasteiger partial charge in [-0.3, -0.25) is 0 Å². The number of ether oxygens (including phenoxy) is 1. The predicted octanol–water partition coefficient (Wildman–Crippen LogP) is 2.61. The Morgan fingerprint density at radius 2 is 1.96 bits per heavy atom. The maximum absolute atomic E-state index is 12.4. The molecule has 1 atom stereocenters. The molecule has 1 aliphatic carbocycles. The molecule has 0 heterocycles. The van der Waals surface area contributed by atoms with E-state index in [1.54, 1.807) is 0 Å². The van der Waals surface area contributed by atoms with Gasteiger partial charge in [-0.25, -0.2) is 4.79 Å². The summed E-state index contributed by atoms with van der Waals surface area (Å²) in [5, 5.41) is 14.4. The summed E-state index contributed by atoms with van der Waals surface area (Å²) < 4.78 is 42.5. The van der Waals surface area contributed by atoms with Gasteiger partial charge < -0.3 is 20.5 Å². The highest BCUT2D eigenvalue weighted by molar-refractivity contribution is 5.89. The van der Waals surface area contributed by atoms with E-state index in [1.807, 2.05) is 0 Å². The Kier molecular flexibility index (Phi) is 5.84. The molecule has 0 saturated heterocycles. The second-order valence-electron chi connectivity index (χ2n) is 5.54. The van der Waals surface area contributed by atoms with Crippen LogP contribution in [0, 0.1) is 5.92 Å². The largest absolute Gasteiger partial charge is 0.416 e. The molecule has 8 heteroatoms. The summed E-state index contributed by atoms with van der Waals surface area (Å²) in [4.78, 5) is 11.6. The van der Waals surface area contributed by atoms with Crippen LogP contribution in [0.5, 0.6) is 0 Å². The molecule has 128 valence electrons. The molecule has 1 saturated carbocycles. The van der Waals surface area contributed by atoms with Gasteiger partial charge >= 0.3 is 12.2 Å². The van der Waals surface area contributed by atoms with Crippen LogP contribution in [0.1, 0.15) is 18.4 Å². The van der Waals surface area contributed by atoms with Crippen LogP contribution in [-0.2, 0) is 10.9 Å². The molecule has 0 aliphatic heterocycles. The van der Waals surface area contributed by atoms with E-state index in [4.69, 9.17) is 4.74 Å². The normalized spacial score (nSPS) is 16.0. The molecule has 0 radical (unpaired) electrons. The second-order valence-corrected chi connectivity index (χ2v) is 5.54. The number of halogens is 3. The Morgan fingerprint density at radius 1 is 1.30 bits per heavy atom. The van der Waals surface area contributed by atoms with Gasteiger partial charge in [0.1, 0.15) is 0 Å². The van der Waals surface area contributed by atoms with Crippen molar-refractivity contribution in [1.29, 1.82) is 0 Å². The molecular formula is C15H19F3N2O3. The minimum atomic E-state index is -4.41. The number of carbonyl (C=O) groups excluding carboxylic acids is 1. The molecule has 5 nitrogen and oxygen atoms in total. The van der Waals surface area contributed by atoms with Crippen molar-refractivity contribution in [3.05, 3.63) is 29.8 Å². The SMILES string of the molecule is O=C(NC[C@H](O)COCC1CC1)Nc1ccc(C(F)(F)F)cc1. The van der Waals surface area contributed by atoms with E-state index in [9.17, 15) is 23.1 Å². The number of hydrogen-bond donors (Lipinski definition) is 3. The number of alkyl halides is 3. The number of anilines is 1. The minimum absolute atomic E-state index is 0.00284. The highest BCUT2D eigenvalue weighted by atomic mass is 19.4. The number of amides is 2. The Labute approximate surface area is 131 Å². The lowest BCUT2D eigenvalue weighted by atomic mass is 10.2. The van der Waals surface area contributed by atoms with Crippen LogP contribution >= 0.6 is 0 Å². The lowest BCUT2D eigenvalue weighted by Gasteiger charge is -2.13. The van der Waals surface area contributed by atoms with Gasteiger partial charge in [-0.15, -0.1) is 0 Å².